The van der Waals surface area contributed by atoms with Gasteiger partial charge in [-0.15, -0.1) is 0 Å². The molecule has 0 unspecified atom stereocenters. The number of carbonyl (C=O) groups is 2. The summed E-state index contributed by atoms with van der Waals surface area (Å²) in [5, 5.41) is 15.1. The maximum atomic E-state index is 11.6. The Hall–Kier alpha value is -2.57. The summed E-state index contributed by atoms with van der Waals surface area (Å²) < 4.78 is 6.37. The fraction of sp³-hybridized carbons (Fsp3) is 0.100. The lowest BCUT2D eigenvalue weighted by atomic mass is 10.4. The van der Waals surface area contributed by atoms with Crippen LogP contribution in [0.25, 0.3) is 0 Å². The van der Waals surface area contributed by atoms with Gasteiger partial charge in [-0.2, -0.15) is 5.10 Å². The summed E-state index contributed by atoms with van der Waals surface area (Å²) in [5.41, 5.74) is 0. The Morgan fingerprint density at radius 2 is 2.06 bits per heavy atom. The number of anilines is 1. The minimum Gasteiger partial charge on any atom is -0.475 e. The summed E-state index contributed by atoms with van der Waals surface area (Å²) in [4.78, 5) is 22.2. The summed E-state index contributed by atoms with van der Waals surface area (Å²) in [7, 11) is 1.71. The second-order valence-electron chi connectivity index (χ2n) is 3.30. The van der Waals surface area contributed by atoms with Crippen LogP contribution in [0.1, 0.15) is 21.1 Å². The number of aromatic carboxylic acids is 1. The molecule has 0 bridgehead atoms. The molecule has 7 nitrogen and oxygen atoms in total. The molecule has 7 heteroatoms. The molecule has 1 amide bonds. The number of nitrogens with one attached hydrogen (secondary N) is 1. The van der Waals surface area contributed by atoms with Crippen LogP contribution in [-0.4, -0.2) is 26.8 Å². The molecule has 2 heterocycles. The van der Waals surface area contributed by atoms with Crippen molar-refractivity contribution >= 4 is 17.7 Å². The zero-order chi connectivity index (χ0) is 12.4. The quantitative estimate of drug-likeness (QED) is 0.825. The molecule has 17 heavy (non-hydrogen) atoms. The molecule has 0 saturated carbocycles. The third kappa shape index (κ3) is 2.33. The van der Waals surface area contributed by atoms with Gasteiger partial charge in [0.25, 0.3) is 5.91 Å². The van der Waals surface area contributed by atoms with Gasteiger partial charge in [0.05, 0.1) is 0 Å². The number of furan rings is 1. The van der Waals surface area contributed by atoms with Crippen molar-refractivity contribution in [1.29, 1.82) is 0 Å². The SMILES string of the molecule is Cn1ccc(NC(=O)c2ccc(C(=O)O)o2)n1. The number of hydrogen-bond donors (Lipinski definition) is 2. The van der Waals surface area contributed by atoms with Gasteiger partial charge in [-0.25, -0.2) is 4.79 Å². The molecule has 0 aliphatic rings. The predicted octanol–water partition coefficient (Wildman–Crippen LogP) is 0.964. The van der Waals surface area contributed by atoms with Crippen molar-refractivity contribution in [2.45, 2.75) is 0 Å². The monoisotopic (exact) mass is 235 g/mol. The van der Waals surface area contributed by atoms with Crippen LogP contribution in [0.5, 0.6) is 0 Å². The minimum atomic E-state index is -1.22. The molecule has 2 aromatic heterocycles. The Kier molecular flexibility index (Phi) is 2.65. The Labute approximate surface area is 95.7 Å². The van der Waals surface area contributed by atoms with E-state index >= 15 is 0 Å². The first-order valence-corrected chi connectivity index (χ1v) is 4.70. The molecule has 0 spiro atoms. The van der Waals surface area contributed by atoms with E-state index in [-0.39, 0.29) is 11.5 Å². The Balaban J connectivity index is 2.11. The number of aromatic nitrogens is 2. The third-order valence-electron chi connectivity index (χ3n) is 2.00. The van der Waals surface area contributed by atoms with Gasteiger partial charge in [0.2, 0.25) is 5.76 Å². The predicted molar refractivity (Wildman–Crippen MR) is 56.8 cm³/mol. The molecule has 88 valence electrons. The third-order valence-corrected chi connectivity index (χ3v) is 2.00. The van der Waals surface area contributed by atoms with Crippen molar-refractivity contribution < 1.29 is 19.1 Å². The Bertz CT molecular complexity index is 570. The van der Waals surface area contributed by atoms with Gasteiger partial charge in [0.1, 0.15) is 0 Å². The second kappa shape index (κ2) is 4.12. The Morgan fingerprint density at radius 3 is 2.59 bits per heavy atom. The van der Waals surface area contributed by atoms with Crippen molar-refractivity contribution in [2.75, 3.05) is 5.32 Å². The summed E-state index contributed by atoms with van der Waals surface area (Å²) in [6.45, 7) is 0. The first-order valence-electron chi connectivity index (χ1n) is 4.70. The summed E-state index contributed by atoms with van der Waals surface area (Å²) >= 11 is 0. The Morgan fingerprint density at radius 1 is 1.35 bits per heavy atom. The van der Waals surface area contributed by atoms with Gasteiger partial charge in [0.15, 0.2) is 11.6 Å². The van der Waals surface area contributed by atoms with Crippen LogP contribution in [0.2, 0.25) is 0 Å². The van der Waals surface area contributed by atoms with Gasteiger partial charge in [-0.1, -0.05) is 0 Å². The molecule has 0 radical (unpaired) electrons. The van der Waals surface area contributed by atoms with Gasteiger partial charge < -0.3 is 14.8 Å². The van der Waals surface area contributed by atoms with E-state index in [2.05, 4.69) is 10.4 Å². The highest BCUT2D eigenvalue weighted by Gasteiger charge is 2.15. The number of carboxylic acid groups (broad SMARTS) is 1. The van der Waals surface area contributed by atoms with Crippen LogP contribution < -0.4 is 5.32 Å². The average Bonchev–Trinajstić information content (AvgIpc) is 2.86. The molecule has 0 saturated heterocycles. The van der Waals surface area contributed by atoms with E-state index in [4.69, 9.17) is 9.52 Å². The molecule has 2 aromatic rings. The zero-order valence-electron chi connectivity index (χ0n) is 8.88. The molecule has 0 aromatic carbocycles. The average molecular weight is 235 g/mol. The smallest absolute Gasteiger partial charge is 0.371 e. The number of carbonyl (C=O) groups excluding carboxylic acids is 1. The van der Waals surface area contributed by atoms with E-state index in [1.165, 1.54) is 16.8 Å². The van der Waals surface area contributed by atoms with Crippen LogP contribution in [0, 0.1) is 0 Å². The molecular weight excluding hydrogens is 226 g/mol. The van der Waals surface area contributed by atoms with E-state index in [1.807, 2.05) is 0 Å². The number of aryl methyl sites for hydroxylation is 1. The van der Waals surface area contributed by atoms with Crippen molar-refractivity contribution in [3.05, 3.63) is 35.9 Å². The maximum Gasteiger partial charge on any atom is 0.371 e. The first-order chi connectivity index (χ1) is 8.06. The van der Waals surface area contributed by atoms with Gasteiger partial charge in [-0.3, -0.25) is 9.48 Å². The van der Waals surface area contributed by atoms with Crippen LogP contribution in [0.15, 0.2) is 28.8 Å². The molecule has 0 aliphatic heterocycles. The number of amides is 1. The van der Waals surface area contributed by atoms with Crippen molar-refractivity contribution in [3.8, 4) is 0 Å². The molecule has 2 rings (SSSR count). The maximum absolute atomic E-state index is 11.6. The molecule has 2 N–H and O–H groups in total. The van der Waals surface area contributed by atoms with E-state index < -0.39 is 11.9 Å². The van der Waals surface area contributed by atoms with E-state index in [0.29, 0.717) is 5.82 Å². The zero-order valence-corrected chi connectivity index (χ0v) is 8.88. The second-order valence-corrected chi connectivity index (χ2v) is 3.30. The number of carboxylic acids is 1. The largest absolute Gasteiger partial charge is 0.475 e. The minimum absolute atomic E-state index is 0.0759. The van der Waals surface area contributed by atoms with Crippen LogP contribution >= 0.6 is 0 Å². The van der Waals surface area contributed by atoms with Crippen LogP contribution in [0.3, 0.4) is 0 Å². The molecular formula is C10H9N3O4. The lowest BCUT2D eigenvalue weighted by Crippen LogP contribution is -2.11. The lowest BCUT2D eigenvalue weighted by Gasteiger charge is -1.97. The first kappa shape index (κ1) is 10.9. The van der Waals surface area contributed by atoms with E-state index in [1.54, 1.807) is 19.3 Å². The van der Waals surface area contributed by atoms with Crippen molar-refractivity contribution in [2.24, 2.45) is 7.05 Å². The van der Waals surface area contributed by atoms with Crippen molar-refractivity contribution in [3.63, 3.8) is 0 Å². The number of rotatable bonds is 3. The molecule has 0 atom stereocenters. The van der Waals surface area contributed by atoms with E-state index in [9.17, 15) is 9.59 Å². The number of nitrogens with zero attached hydrogens (tertiary/aromatic N) is 2. The van der Waals surface area contributed by atoms with Crippen molar-refractivity contribution in [1.82, 2.24) is 9.78 Å². The number of hydrogen-bond acceptors (Lipinski definition) is 4. The lowest BCUT2D eigenvalue weighted by molar-refractivity contribution is 0.0660. The van der Waals surface area contributed by atoms with Crippen LogP contribution in [-0.2, 0) is 7.05 Å². The van der Waals surface area contributed by atoms with Crippen LogP contribution in [0.4, 0.5) is 5.82 Å². The standard InChI is InChI=1S/C10H9N3O4/c1-13-5-4-8(12-13)11-9(14)6-2-3-7(17-6)10(15)16/h2-5H,1H3,(H,15,16)(H,11,12,14). The molecule has 0 aliphatic carbocycles. The highest BCUT2D eigenvalue weighted by atomic mass is 16.4. The summed E-state index contributed by atoms with van der Waals surface area (Å²) in [6.07, 6.45) is 1.67. The summed E-state index contributed by atoms with van der Waals surface area (Å²) in [5.74, 6) is -1.76. The van der Waals surface area contributed by atoms with Gasteiger partial charge >= 0.3 is 5.97 Å². The van der Waals surface area contributed by atoms with Gasteiger partial charge in [0, 0.05) is 19.3 Å². The highest BCUT2D eigenvalue weighted by molar-refractivity contribution is 6.02. The topological polar surface area (TPSA) is 97.4 Å². The highest BCUT2D eigenvalue weighted by Crippen LogP contribution is 2.10. The fourth-order valence-electron chi connectivity index (χ4n) is 1.23. The molecule has 0 fully saturated rings. The van der Waals surface area contributed by atoms with Gasteiger partial charge in [-0.05, 0) is 12.1 Å². The fourth-order valence-corrected chi connectivity index (χ4v) is 1.23. The van der Waals surface area contributed by atoms with E-state index in [0.717, 1.165) is 0 Å². The normalized spacial score (nSPS) is 10.2. The summed E-state index contributed by atoms with van der Waals surface area (Å²) in [6, 6.07) is 4.12.